The van der Waals surface area contributed by atoms with Crippen LogP contribution in [-0.4, -0.2) is 15.8 Å². The number of rotatable bonds is 2. The van der Waals surface area contributed by atoms with E-state index in [1.165, 1.54) is 0 Å². The normalized spacial score (nSPS) is 11.4. The highest BCUT2D eigenvalue weighted by Crippen LogP contribution is 2.33. The number of carboxylic acid groups (broad SMARTS) is 1. The molecule has 0 saturated heterocycles. The molecule has 0 heterocycles. The van der Waals surface area contributed by atoms with E-state index in [0.717, 1.165) is 4.90 Å². The lowest BCUT2D eigenvalue weighted by atomic mass is 10.2. The zero-order valence-electron chi connectivity index (χ0n) is 9.07. The number of aromatic carboxylic acids is 1. The first-order valence-corrected chi connectivity index (χ1v) is 5.43. The zero-order chi connectivity index (χ0) is 11.6. The standard InChI is InChI=1S/C11H15NO2S/c1-11(2,3)15-7-4-5-9(12)8(6-7)10(13)14/h4-6H,12H2,1-3H3,(H,13,14). The van der Waals surface area contributed by atoms with Crippen LogP contribution in [0.15, 0.2) is 23.1 Å². The Morgan fingerprint density at radius 3 is 2.47 bits per heavy atom. The van der Waals surface area contributed by atoms with Gasteiger partial charge in [0.05, 0.1) is 5.56 Å². The molecule has 0 radical (unpaired) electrons. The monoisotopic (exact) mass is 225 g/mol. The Morgan fingerprint density at radius 2 is 2.00 bits per heavy atom. The van der Waals surface area contributed by atoms with Crippen LogP contribution in [0.2, 0.25) is 0 Å². The van der Waals surface area contributed by atoms with E-state index in [9.17, 15) is 4.79 Å². The van der Waals surface area contributed by atoms with Crippen molar-refractivity contribution >= 4 is 23.4 Å². The second-order valence-corrected chi connectivity index (χ2v) is 6.17. The molecule has 1 aromatic carbocycles. The first-order chi connectivity index (χ1) is 6.79. The summed E-state index contributed by atoms with van der Waals surface area (Å²) >= 11 is 1.62. The predicted molar refractivity (Wildman–Crippen MR) is 63.4 cm³/mol. The van der Waals surface area contributed by atoms with Gasteiger partial charge in [-0.25, -0.2) is 4.79 Å². The maximum absolute atomic E-state index is 10.9. The third kappa shape index (κ3) is 3.47. The van der Waals surface area contributed by atoms with Gasteiger partial charge in [0.1, 0.15) is 0 Å². The highest BCUT2D eigenvalue weighted by Gasteiger charge is 2.14. The SMILES string of the molecule is CC(C)(C)Sc1ccc(N)c(C(=O)O)c1. The molecule has 0 saturated carbocycles. The van der Waals surface area contributed by atoms with E-state index in [0.29, 0.717) is 5.69 Å². The van der Waals surface area contributed by atoms with Gasteiger partial charge in [-0.3, -0.25) is 0 Å². The van der Waals surface area contributed by atoms with E-state index in [1.54, 1.807) is 23.9 Å². The highest BCUT2D eigenvalue weighted by atomic mass is 32.2. The lowest BCUT2D eigenvalue weighted by molar-refractivity contribution is 0.0698. The average molecular weight is 225 g/mol. The molecule has 0 atom stereocenters. The maximum atomic E-state index is 10.9. The second-order valence-electron chi connectivity index (χ2n) is 4.27. The summed E-state index contributed by atoms with van der Waals surface area (Å²) in [6, 6.07) is 5.10. The molecule has 1 aromatic rings. The Kier molecular flexibility index (Phi) is 3.29. The molecule has 3 nitrogen and oxygen atoms in total. The van der Waals surface area contributed by atoms with E-state index in [2.05, 4.69) is 20.8 Å². The van der Waals surface area contributed by atoms with Crippen molar-refractivity contribution in [3.8, 4) is 0 Å². The van der Waals surface area contributed by atoms with Crippen molar-refractivity contribution in [1.82, 2.24) is 0 Å². The molecule has 0 aromatic heterocycles. The summed E-state index contributed by atoms with van der Waals surface area (Å²) in [6.45, 7) is 6.23. The van der Waals surface area contributed by atoms with Crippen molar-refractivity contribution in [2.24, 2.45) is 0 Å². The third-order valence-electron chi connectivity index (χ3n) is 1.68. The molecule has 0 aliphatic rings. The van der Waals surface area contributed by atoms with Crippen molar-refractivity contribution in [3.63, 3.8) is 0 Å². The Balaban J connectivity index is 3.03. The van der Waals surface area contributed by atoms with Crippen molar-refractivity contribution in [1.29, 1.82) is 0 Å². The second kappa shape index (κ2) is 4.14. The molecule has 0 bridgehead atoms. The van der Waals surface area contributed by atoms with E-state index in [-0.39, 0.29) is 10.3 Å². The minimum Gasteiger partial charge on any atom is -0.478 e. The van der Waals surface area contributed by atoms with Gasteiger partial charge in [-0.05, 0) is 18.2 Å². The van der Waals surface area contributed by atoms with Crippen LogP contribution in [0.4, 0.5) is 5.69 Å². The molecule has 82 valence electrons. The van der Waals surface area contributed by atoms with Crippen LogP contribution >= 0.6 is 11.8 Å². The Hall–Kier alpha value is -1.16. The van der Waals surface area contributed by atoms with Crippen LogP contribution < -0.4 is 5.73 Å². The van der Waals surface area contributed by atoms with Crippen molar-refractivity contribution < 1.29 is 9.90 Å². The number of carboxylic acids is 1. The summed E-state index contributed by atoms with van der Waals surface area (Å²) in [6.07, 6.45) is 0. The Morgan fingerprint density at radius 1 is 1.40 bits per heavy atom. The first-order valence-electron chi connectivity index (χ1n) is 4.61. The first kappa shape index (κ1) is 11.9. The van der Waals surface area contributed by atoms with Crippen molar-refractivity contribution in [3.05, 3.63) is 23.8 Å². The van der Waals surface area contributed by atoms with E-state index in [1.807, 2.05) is 6.07 Å². The van der Waals surface area contributed by atoms with Gasteiger partial charge >= 0.3 is 5.97 Å². The van der Waals surface area contributed by atoms with Gasteiger partial charge in [-0.15, -0.1) is 11.8 Å². The minimum atomic E-state index is -0.983. The molecule has 1 rings (SSSR count). The highest BCUT2D eigenvalue weighted by molar-refractivity contribution is 8.00. The maximum Gasteiger partial charge on any atom is 0.337 e. The Labute approximate surface area is 93.7 Å². The number of thioether (sulfide) groups is 1. The Bertz CT molecular complexity index is 383. The molecule has 4 heteroatoms. The largest absolute Gasteiger partial charge is 0.478 e. The zero-order valence-corrected chi connectivity index (χ0v) is 9.89. The minimum absolute atomic E-state index is 0.0614. The lowest BCUT2D eigenvalue weighted by Crippen LogP contribution is -2.08. The fourth-order valence-corrected chi connectivity index (χ4v) is 2.16. The lowest BCUT2D eigenvalue weighted by Gasteiger charge is -2.17. The van der Waals surface area contributed by atoms with Gasteiger partial charge in [0, 0.05) is 15.3 Å². The number of anilines is 1. The van der Waals surface area contributed by atoms with Gasteiger partial charge in [-0.1, -0.05) is 20.8 Å². The van der Waals surface area contributed by atoms with Gasteiger partial charge in [-0.2, -0.15) is 0 Å². The molecule has 0 amide bonds. The van der Waals surface area contributed by atoms with Crippen LogP contribution in [0, 0.1) is 0 Å². The number of benzene rings is 1. The van der Waals surface area contributed by atoms with Gasteiger partial charge in [0.2, 0.25) is 0 Å². The molecule has 0 unspecified atom stereocenters. The summed E-state index contributed by atoms with van der Waals surface area (Å²) in [7, 11) is 0. The molecule has 15 heavy (non-hydrogen) atoms. The molecule has 0 fully saturated rings. The fourth-order valence-electron chi connectivity index (χ4n) is 1.14. The molecular formula is C11H15NO2S. The topological polar surface area (TPSA) is 63.3 Å². The molecular weight excluding hydrogens is 210 g/mol. The molecule has 3 N–H and O–H groups in total. The average Bonchev–Trinajstić information content (AvgIpc) is 2.05. The predicted octanol–water partition coefficient (Wildman–Crippen LogP) is 2.86. The van der Waals surface area contributed by atoms with E-state index >= 15 is 0 Å². The summed E-state index contributed by atoms with van der Waals surface area (Å²) in [4.78, 5) is 11.8. The van der Waals surface area contributed by atoms with Crippen LogP contribution in [0.25, 0.3) is 0 Å². The molecule has 0 aliphatic carbocycles. The van der Waals surface area contributed by atoms with Crippen LogP contribution in [-0.2, 0) is 0 Å². The van der Waals surface area contributed by atoms with Crippen LogP contribution in [0.3, 0.4) is 0 Å². The van der Waals surface area contributed by atoms with Gasteiger partial charge in [0.25, 0.3) is 0 Å². The van der Waals surface area contributed by atoms with Crippen molar-refractivity contribution in [2.75, 3.05) is 5.73 Å². The van der Waals surface area contributed by atoms with Crippen LogP contribution in [0.1, 0.15) is 31.1 Å². The number of nitrogen functional groups attached to an aromatic ring is 1. The van der Waals surface area contributed by atoms with Gasteiger partial charge in [0.15, 0.2) is 0 Å². The summed E-state index contributed by atoms with van der Waals surface area (Å²) in [5.74, 6) is -0.983. The van der Waals surface area contributed by atoms with E-state index in [4.69, 9.17) is 10.8 Å². The smallest absolute Gasteiger partial charge is 0.337 e. The summed E-state index contributed by atoms with van der Waals surface area (Å²) < 4.78 is 0.0614. The van der Waals surface area contributed by atoms with Crippen LogP contribution in [0.5, 0.6) is 0 Å². The number of nitrogens with two attached hydrogens (primary N) is 1. The van der Waals surface area contributed by atoms with Gasteiger partial charge < -0.3 is 10.8 Å². The number of hydrogen-bond acceptors (Lipinski definition) is 3. The quantitative estimate of drug-likeness (QED) is 0.600. The van der Waals surface area contributed by atoms with Crippen molar-refractivity contribution in [2.45, 2.75) is 30.4 Å². The summed E-state index contributed by atoms with van der Waals surface area (Å²) in [5, 5.41) is 8.90. The fraction of sp³-hybridized carbons (Fsp3) is 0.364. The van der Waals surface area contributed by atoms with E-state index < -0.39 is 5.97 Å². The summed E-state index contributed by atoms with van der Waals surface area (Å²) in [5.41, 5.74) is 6.04. The number of hydrogen-bond donors (Lipinski definition) is 2. The number of carbonyl (C=O) groups is 1. The third-order valence-corrected chi connectivity index (χ3v) is 2.78. The molecule has 0 spiro atoms. The molecule has 0 aliphatic heterocycles.